The Balaban J connectivity index is 0.00000480. The average molecular weight is 476 g/mol. The molecule has 1 aromatic carbocycles. The van der Waals surface area contributed by atoms with Crippen LogP contribution in [0, 0.1) is 5.92 Å². The van der Waals surface area contributed by atoms with E-state index in [2.05, 4.69) is 10.0 Å². The summed E-state index contributed by atoms with van der Waals surface area (Å²) in [7, 11) is -3.60. The Hall–Kier alpha value is -1.35. The van der Waals surface area contributed by atoms with Gasteiger partial charge in [0, 0.05) is 0 Å². The van der Waals surface area contributed by atoms with Crippen molar-refractivity contribution in [2.75, 3.05) is 25.4 Å². The predicted molar refractivity (Wildman–Crippen MR) is 118 cm³/mol. The van der Waals surface area contributed by atoms with Gasteiger partial charge in [-0.25, -0.2) is 13.1 Å². The number of carboxylic acids is 1. The van der Waals surface area contributed by atoms with Crippen LogP contribution in [0.2, 0.25) is 0 Å². The highest BCUT2D eigenvalue weighted by Crippen LogP contribution is 2.19. The molecule has 0 saturated carbocycles. The summed E-state index contributed by atoms with van der Waals surface area (Å²) in [4.78, 5) is 11.5. The summed E-state index contributed by atoms with van der Waals surface area (Å²) < 4.78 is 32.1. The van der Waals surface area contributed by atoms with Crippen LogP contribution in [-0.4, -0.2) is 51.0 Å². The van der Waals surface area contributed by atoms with Gasteiger partial charge in [-0.1, -0.05) is 31.9 Å². The number of carboxylic acid groups (broad SMARTS) is 1. The third kappa shape index (κ3) is 11.2. The highest BCUT2D eigenvalue weighted by Gasteiger charge is 2.24. The summed E-state index contributed by atoms with van der Waals surface area (Å²) in [6, 6.07) is 6.04. The van der Waals surface area contributed by atoms with Crippen molar-refractivity contribution in [3.63, 3.8) is 0 Å². The van der Waals surface area contributed by atoms with Gasteiger partial charge in [-0.3, -0.25) is 4.79 Å². The summed E-state index contributed by atoms with van der Waals surface area (Å²) in [6.45, 7) is 4.83. The molecule has 1 fully saturated rings. The monoisotopic (exact) mass is 475 g/mol. The van der Waals surface area contributed by atoms with Crippen LogP contribution in [-0.2, 0) is 21.2 Å². The van der Waals surface area contributed by atoms with Crippen LogP contribution in [0.4, 0.5) is 0 Å². The van der Waals surface area contributed by atoms with Crippen LogP contribution < -0.4 is 27.2 Å². The van der Waals surface area contributed by atoms with Gasteiger partial charge in [0.05, 0.1) is 12.4 Å². The van der Waals surface area contributed by atoms with Crippen LogP contribution in [0.1, 0.15) is 57.4 Å². The molecule has 0 spiro atoms. The van der Waals surface area contributed by atoms with Gasteiger partial charge in [-0.15, -0.1) is 0 Å². The molecule has 1 aromatic rings. The van der Waals surface area contributed by atoms with E-state index in [1.807, 2.05) is 19.1 Å². The normalized spacial score (nSPS) is 15.8. The highest BCUT2D eigenvalue weighted by atomic mass is 35.5. The number of unbranched alkanes of at least 4 members (excludes halogenated alkanes) is 2. The Bertz CT molecular complexity index is 737. The van der Waals surface area contributed by atoms with Crippen molar-refractivity contribution in [1.82, 2.24) is 10.0 Å². The quantitative estimate of drug-likeness (QED) is 0.326. The summed E-state index contributed by atoms with van der Waals surface area (Å²) in [5.41, 5.74) is 0.749. The first-order valence-electron chi connectivity index (χ1n) is 11.0. The number of aliphatic carboxylic acids is 1. The van der Waals surface area contributed by atoms with Crippen LogP contribution in [0.15, 0.2) is 24.3 Å². The number of piperidine rings is 1. The zero-order valence-corrected chi connectivity index (χ0v) is 19.9. The van der Waals surface area contributed by atoms with Crippen molar-refractivity contribution in [2.45, 2.75) is 64.3 Å². The molecule has 31 heavy (non-hydrogen) atoms. The first-order valence-corrected chi connectivity index (χ1v) is 12.7. The number of sulfonamides is 1. The van der Waals surface area contributed by atoms with Crippen LogP contribution >= 0.6 is 0 Å². The first-order chi connectivity index (χ1) is 14.4. The summed E-state index contributed by atoms with van der Waals surface area (Å²) in [6.07, 6.45) is 7.33. The van der Waals surface area contributed by atoms with E-state index in [0.29, 0.717) is 13.0 Å². The van der Waals surface area contributed by atoms with Crippen molar-refractivity contribution < 1.29 is 35.5 Å². The van der Waals surface area contributed by atoms with Gasteiger partial charge in [-0.05, 0) is 75.2 Å². The minimum Gasteiger partial charge on any atom is -1.00 e. The van der Waals surface area contributed by atoms with E-state index < -0.39 is 22.0 Å². The minimum absolute atomic E-state index is 0. The van der Waals surface area contributed by atoms with Crippen LogP contribution in [0.5, 0.6) is 5.75 Å². The number of benzene rings is 1. The van der Waals surface area contributed by atoms with E-state index in [1.54, 1.807) is 12.1 Å². The standard InChI is InChI=1S/C22H36N2O5S.ClH/c1-2-3-16-30(27,28)24-21(22(25)26)17-19-7-9-20(10-8-19)29-15-5-4-6-18-11-13-23-14-12-18;/h7-10,18,21,23-24H,2-6,11-17H2,1H3,(H,25,26);1H/p-1/t21-;/m0./s1. The predicted octanol–water partition coefficient (Wildman–Crippen LogP) is -0.0455. The number of rotatable bonds is 14. The molecule has 1 heterocycles. The second-order valence-corrected chi connectivity index (χ2v) is 9.94. The molecular formula is C22H36ClN2O5S-. The maximum Gasteiger partial charge on any atom is 0.322 e. The van der Waals surface area contributed by atoms with Gasteiger partial charge in [-0.2, -0.15) is 0 Å². The second kappa shape index (κ2) is 14.7. The lowest BCUT2D eigenvalue weighted by molar-refractivity contribution is -0.138. The molecule has 1 aliphatic heterocycles. The van der Waals surface area contributed by atoms with Gasteiger partial charge in [0.1, 0.15) is 11.8 Å². The van der Waals surface area contributed by atoms with E-state index in [9.17, 15) is 18.3 Å². The molecule has 2 rings (SSSR count). The number of carbonyl (C=O) groups is 1. The third-order valence-electron chi connectivity index (χ3n) is 5.48. The molecule has 0 bridgehead atoms. The molecule has 178 valence electrons. The molecule has 3 N–H and O–H groups in total. The van der Waals surface area contributed by atoms with E-state index in [1.165, 1.54) is 25.7 Å². The highest BCUT2D eigenvalue weighted by molar-refractivity contribution is 7.89. The smallest absolute Gasteiger partial charge is 0.322 e. The Morgan fingerprint density at radius 3 is 2.48 bits per heavy atom. The Labute approximate surface area is 192 Å². The molecular weight excluding hydrogens is 440 g/mol. The number of hydrogen-bond donors (Lipinski definition) is 3. The summed E-state index contributed by atoms with van der Waals surface area (Å²) in [5, 5.41) is 12.8. The topological polar surface area (TPSA) is 105 Å². The lowest BCUT2D eigenvalue weighted by Gasteiger charge is -2.22. The molecule has 0 unspecified atom stereocenters. The van der Waals surface area contributed by atoms with Gasteiger partial charge < -0.3 is 27.6 Å². The lowest BCUT2D eigenvalue weighted by Crippen LogP contribution is -3.00. The van der Waals surface area contributed by atoms with Crippen molar-refractivity contribution in [2.24, 2.45) is 5.92 Å². The maximum absolute atomic E-state index is 12.0. The molecule has 1 saturated heterocycles. The van der Waals surface area contributed by atoms with Gasteiger partial charge >= 0.3 is 5.97 Å². The maximum atomic E-state index is 12.0. The van der Waals surface area contributed by atoms with E-state index in [0.717, 1.165) is 43.2 Å². The number of hydrogen-bond acceptors (Lipinski definition) is 5. The Kier molecular flexibility index (Phi) is 13.1. The Morgan fingerprint density at radius 2 is 1.87 bits per heavy atom. The number of halogens is 1. The van der Waals surface area contributed by atoms with Crippen LogP contribution in [0.25, 0.3) is 0 Å². The fourth-order valence-corrected chi connectivity index (χ4v) is 5.05. The van der Waals surface area contributed by atoms with Crippen molar-refractivity contribution in [3.05, 3.63) is 29.8 Å². The van der Waals surface area contributed by atoms with Crippen molar-refractivity contribution >= 4 is 16.0 Å². The van der Waals surface area contributed by atoms with E-state index >= 15 is 0 Å². The Morgan fingerprint density at radius 1 is 1.19 bits per heavy atom. The number of nitrogens with one attached hydrogen (secondary N) is 2. The SMILES string of the molecule is CCCCS(=O)(=O)N[C@@H](Cc1ccc(OCCCCC2CCNCC2)cc1)C(=O)O.[Cl-]. The molecule has 7 nitrogen and oxygen atoms in total. The zero-order valence-electron chi connectivity index (χ0n) is 18.3. The third-order valence-corrected chi connectivity index (χ3v) is 6.95. The largest absolute Gasteiger partial charge is 1.00 e. The minimum atomic E-state index is -3.60. The van der Waals surface area contributed by atoms with Gasteiger partial charge in [0.25, 0.3) is 0 Å². The first kappa shape index (κ1) is 27.7. The number of ether oxygens (including phenoxy) is 1. The zero-order chi connectivity index (χ0) is 21.8. The molecule has 0 amide bonds. The summed E-state index contributed by atoms with van der Waals surface area (Å²) >= 11 is 0. The van der Waals surface area contributed by atoms with Crippen molar-refractivity contribution in [3.8, 4) is 5.75 Å². The molecule has 1 atom stereocenters. The molecule has 9 heteroatoms. The van der Waals surface area contributed by atoms with Gasteiger partial charge in [0.2, 0.25) is 10.0 Å². The fraction of sp³-hybridized carbons (Fsp3) is 0.682. The molecule has 0 aliphatic carbocycles. The van der Waals surface area contributed by atoms with E-state index in [4.69, 9.17) is 4.74 Å². The molecule has 0 radical (unpaired) electrons. The molecule has 0 aromatic heterocycles. The van der Waals surface area contributed by atoms with Crippen LogP contribution in [0.3, 0.4) is 0 Å². The summed E-state index contributed by atoms with van der Waals surface area (Å²) in [5.74, 6) is 0.352. The fourth-order valence-electron chi connectivity index (χ4n) is 3.64. The van der Waals surface area contributed by atoms with E-state index in [-0.39, 0.29) is 24.6 Å². The molecule has 1 aliphatic rings. The average Bonchev–Trinajstić information content (AvgIpc) is 2.73. The van der Waals surface area contributed by atoms with Gasteiger partial charge in [0.15, 0.2) is 0 Å². The second-order valence-electron chi connectivity index (χ2n) is 8.07. The van der Waals surface area contributed by atoms with Crippen molar-refractivity contribution in [1.29, 1.82) is 0 Å². The lowest BCUT2D eigenvalue weighted by atomic mass is 9.93.